The molecule has 21 heavy (non-hydrogen) atoms. The molecule has 0 fully saturated rings. The summed E-state index contributed by atoms with van der Waals surface area (Å²) >= 11 is 3.39. The minimum Gasteiger partial charge on any atom is -0.384 e. The number of carbonyl (C=O) groups is 1. The van der Waals surface area contributed by atoms with Gasteiger partial charge in [0.1, 0.15) is 5.82 Å². The first-order chi connectivity index (χ1) is 10.1. The molecule has 2 heterocycles. The van der Waals surface area contributed by atoms with E-state index >= 15 is 0 Å². The smallest absolute Gasteiger partial charge is 0.260 e. The normalized spacial score (nSPS) is 10.2. The number of halogens is 1. The van der Waals surface area contributed by atoms with Gasteiger partial charge >= 0.3 is 0 Å². The third kappa shape index (κ3) is 4.01. The maximum atomic E-state index is 12.4. The van der Waals surface area contributed by atoms with Crippen molar-refractivity contribution < 1.29 is 4.79 Å². The van der Waals surface area contributed by atoms with E-state index in [9.17, 15) is 4.79 Å². The second-order valence-corrected chi connectivity index (χ2v) is 5.48. The number of pyridine rings is 2. The quantitative estimate of drug-likeness (QED) is 0.865. The lowest BCUT2D eigenvalue weighted by Crippen LogP contribution is -2.16. The van der Waals surface area contributed by atoms with Gasteiger partial charge in [-0.15, -0.1) is 0 Å². The Kier molecular flexibility index (Phi) is 5.27. The Morgan fingerprint density at radius 1 is 1.38 bits per heavy atom. The molecule has 0 aliphatic rings. The van der Waals surface area contributed by atoms with Gasteiger partial charge in [-0.25, -0.2) is 4.98 Å². The second kappa shape index (κ2) is 7.17. The lowest BCUT2D eigenvalue weighted by atomic mass is 10.2. The van der Waals surface area contributed by atoms with E-state index in [1.54, 1.807) is 24.7 Å². The summed E-state index contributed by atoms with van der Waals surface area (Å²) in [4.78, 5) is 20.5. The van der Waals surface area contributed by atoms with Gasteiger partial charge in [-0.3, -0.25) is 9.78 Å². The maximum absolute atomic E-state index is 12.4. The van der Waals surface area contributed by atoms with E-state index in [4.69, 9.17) is 0 Å². The molecule has 2 aromatic heterocycles. The molecule has 5 nitrogen and oxygen atoms in total. The third-order valence-corrected chi connectivity index (χ3v) is 3.75. The summed E-state index contributed by atoms with van der Waals surface area (Å²) in [5.41, 5.74) is 2.29. The highest BCUT2D eigenvalue weighted by molar-refractivity contribution is 9.10. The van der Waals surface area contributed by atoms with Gasteiger partial charge < -0.3 is 10.6 Å². The summed E-state index contributed by atoms with van der Waals surface area (Å²) in [6.45, 7) is 4.82. The lowest BCUT2D eigenvalue weighted by Gasteiger charge is -2.11. The molecule has 0 saturated carbocycles. The number of nitrogens with one attached hydrogen (secondary N) is 2. The fourth-order valence-corrected chi connectivity index (χ4v) is 2.00. The van der Waals surface area contributed by atoms with Gasteiger partial charge in [0.05, 0.1) is 11.3 Å². The van der Waals surface area contributed by atoms with E-state index in [0.29, 0.717) is 11.4 Å². The van der Waals surface area contributed by atoms with Crippen molar-refractivity contribution in [1.29, 1.82) is 0 Å². The highest BCUT2D eigenvalue weighted by atomic mass is 79.9. The zero-order valence-corrected chi connectivity index (χ0v) is 13.6. The SMILES string of the molecule is CCCNc1ccncc1C(=O)Nc1cc(C)c(Br)cn1. The molecular formula is C15H17BrN4O. The monoisotopic (exact) mass is 348 g/mol. The lowest BCUT2D eigenvalue weighted by molar-refractivity contribution is 0.102. The van der Waals surface area contributed by atoms with Gasteiger partial charge in [0.2, 0.25) is 0 Å². The van der Waals surface area contributed by atoms with Crippen LogP contribution in [-0.2, 0) is 0 Å². The molecule has 0 aromatic carbocycles. The Bertz CT molecular complexity index is 645. The molecular weight excluding hydrogens is 332 g/mol. The molecule has 2 aromatic rings. The van der Waals surface area contributed by atoms with Gasteiger partial charge in [-0.2, -0.15) is 0 Å². The van der Waals surface area contributed by atoms with E-state index in [-0.39, 0.29) is 5.91 Å². The zero-order valence-electron chi connectivity index (χ0n) is 12.0. The summed E-state index contributed by atoms with van der Waals surface area (Å²) in [6.07, 6.45) is 5.87. The van der Waals surface area contributed by atoms with E-state index in [0.717, 1.165) is 28.7 Å². The van der Waals surface area contributed by atoms with Gasteiger partial charge in [0, 0.05) is 29.6 Å². The van der Waals surface area contributed by atoms with Crippen LogP contribution < -0.4 is 10.6 Å². The van der Waals surface area contributed by atoms with Crippen molar-refractivity contribution in [3.63, 3.8) is 0 Å². The number of nitrogens with zero attached hydrogens (tertiary/aromatic N) is 2. The predicted molar refractivity (Wildman–Crippen MR) is 87.6 cm³/mol. The van der Waals surface area contributed by atoms with Crippen molar-refractivity contribution in [2.24, 2.45) is 0 Å². The molecule has 0 spiro atoms. The molecule has 0 saturated heterocycles. The van der Waals surface area contributed by atoms with Crippen molar-refractivity contribution in [2.45, 2.75) is 20.3 Å². The first-order valence-electron chi connectivity index (χ1n) is 6.73. The van der Waals surface area contributed by atoms with Crippen LogP contribution in [0.5, 0.6) is 0 Å². The van der Waals surface area contributed by atoms with Crippen molar-refractivity contribution in [3.05, 3.63) is 46.3 Å². The summed E-state index contributed by atoms with van der Waals surface area (Å²) < 4.78 is 0.909. The van der Waals surface area contributed by atoms with Gasteiger partial charge in [0.15, 0.2) is 0 Å². The molecule has 2 N–H and O–H groups in total. The molecule has 0 radical (unpaired) electrons. The number of aryl methyl sites for hydroxylation is 1. The Morgan fingerprint density at radius 2 is 2.19 bits per heavy atom. The molecule has 0 bridgehead atoms. The standard InChI is InChI=1S/C15H17BrN4O/c1-3-5-18-13-4-6-17-8-11(13)15(21)20-14-7-10(2)12(16)9-19-14/h4,6-9H,3,5H2,1-2H3,(H,17,18)(H,19,20,21). The first kappa shape index (κ1) is 15.4. The fourth-order valence-electron chi connectivity index (χ4n) is 1.78. The average Bonchev–Trinajstić information content (AvgIpc) is 2.49. The topological polar surface area (TPSA) is 66.9 Å². The van der Waals surface area contributed by atoms with E-state index in [2.05, 4.69) is 43.5 Å². The highest BCUT2D eigenvalue weighted by Gasteiger charge is 2.12. The predicted octanol–water partition coefficient (Wildman–Crippen LogP) is 3.62. The van der Waals surface area contributed by atoms with Crippen LogP contribution in [0, 0.1) is 6.92 Å². The van der Waals surface area contributed by atoms with Crippen molar-refractivity contribution in [2.75, 3.05) is 17.2 Å². The van der Waals surface area contributed by atoms with E-state index in [1.807, 2.05) is 13.0 Å². The van der Waals surface area contributed by atoms with Crippen LogP contribution in [-0.4, -0.2) is 22.4 Å². The molecule has 0 aliphatic carbocycles. The van der Waals surface area contributed by atoms with E-state index in [1.165, 1.54) is 0 Å². The summed E-state index contributed by atoms with van der Waals surface area (Å²) in [5, 5.41) is 6.01. The number of anilines is 2. The van der Waals surface area contributed by atoms with Gasteiger partial charge in [-0.1, -0.05) is 6.92 Å². The summed E-state index contributed by atoms with van der Waals surface area (Å²) in [7, 11) is 0. The zero-order chi connectivity index (χ0) is 15.2. The van der Waals surface area contributed by atoms with E-state index < -0.39 is 0 Å². The molecule has 1 amide bonds. The highest BCUT2D eigenvalue weighted by Crippen LogP contribution is 2.19. The summed E-state index contributed by atoms with van der Waals surface area (Å²) in [5.74, 6) is 0.293. The van der Waals surface area contributed by atoms with Gasteiger partial charge in [0.25, 0.3) is 5.91 Å². The molecule has 2 rings (SSSR count). The fraction of sp³-hybridized carbons (Fsp3) is 0.267. The number of amides is 1. The van der Waals surface area contributed by atoms with Crippen LogP contribution in [0.1, 0.15) is 29.3 Å². The Labute approximate surface area is 132 Å². The molecule has 6 heteroatoms. The van der Waals surface area contributed by atoms with Crippen LogP contribution in [0.25, 0.3) is 0 Å². The minimum atomic E-state index is -0.226. The Balaban J connectivity index is 2.18. The molecule has 0 atom stereocenters. The first-order valence-corrected chi connectivity index (χ1v) is 7.52. The molecule has 110 valence electrons. The minimum absolute atomic E-state index is 0.226. The van der Waals surface area contributed by atoms with Crippen molar-refractivity contribution in [3.8, 4) is 0 Å². The van der Waals surface area contributed by atoms with Crippen LogP contribution in [0.2, 0.25) is 0 Å². The van der Waals surface area contributed by atoms with Gasteiger partial charge in [-0.05, 0) is 47.0 Å². The average molecular weight is 349 g/mol. The third-order valence-electron chi connectivity index (χ3n) is 2.92. The second-order valence-electron chi connectivity index (χ2n) is 4.62. The molecule has 0 unspecified atom stereocenters. The number of hydrogen-bond acceptors (Lipinski definition) is 4. The van der Waals surface area contributed by atoms with Crippen LogP contribution in [0.4, 0.5) is 11.5 Å². The number of hydrogen-bond donors (Lipinski definition) is 2. The van der Waals surface area contributed by atoms with Crippen molar-refractivity contribution in [1.82, 2.24) is 9.97 Å². The van der Waals surface area contributed by atoms with Crippen LogP contribution >= 0.6 is 15.9 Å². The largest absolute Gasteiger partial charge is 0.384 e. The summed E-state index contributed by atoms with van der Waals surface area (Å²) in [6, 6.07) is 3.61. The Hall–Kier alpha value is -1.95. The van der Waals surface area contributed by atoms with Crippen LogP contribution in [0.15, 0.2) is 35.2 Å². The number of aromatic nitrogens is 2. The van der Waals surface area contributed by atoms with Crippen LogP contribution in [0.3, 0.4) is 0 Å². The number of rotatable bonds is 5. The van der Waals surface area contributed by atoms with Crippen molar-refractivity contribution >= 4 is 33.3 Å². The Morgan fingerprint density at radius 3 is 2.90 bits per heavy atom. The maximum Gasteiger partial charge on any atom is 0.260 e. The molecule has 0 aliphatic heterocycles. The number of carbonyl (C=O) groups excluding carboxylic acids is 1.